The average Bonchev–Trinajstić information content (AvgIpc) is 2.16. The van der Waals surface area contributed by atoms with E-state index in [0.29, 0.717) is 5.84 Å². The molecule has 0 fully saturated rings. The zero-order valence-corrected chi connectivity index (χ0v) is 8.10. The van der Waals surface area contributed by atoms with Crippen molar-refractivity contribution in [1.29, 1.82) is 0 Å². The second-order valence-electron chi connectivity index (χ2n) is 2.73. The van der Waals surface area contributed by atoms with Crippen LogP contribution in [0, 0.1) is 0 Å². The Morgan fingerprint density at radius 2 is 2.38 bits per heavy atom. The minimum absolute atomic E-state index is 0.672. The van der Waals surface area contributed by atoms with Gasteiger partial charge in [-0.1, -0.05) is 0 Å². The molecule has 0 saturated heterocycles. The molecule has 1 aliphatic heterocycles. The molecule has 1 heterocycles. The van der Waals surface area contributed by atoms with Crippen molar-refractivity contribution in [3.63, 3.8) is 0 Å². The van der Waals surface area contributed by atoms with E-state index in [1.54, 1.807) is 18.9 Å². The van der Waals surface area contributed by atoms with E-state index < -0.39 is 0 Å². The molecule has 0 radical (unpaired) electrons. The summed E-state index contributed by atoms with van der Waals surface area (Å²) in [5.74, 6) is 2.27. The molecule has 0 bridgehead atoms. The van der Waals surface area contributed by atoms with Crippen molar-refractivity contribution >= 4 is 23.3 Å². The molecule has 1 aromatic carbocycles. The Morgan fingerprint density at radius 1 is 1.54 bits per heavy atom. The molecule has 0 aliphatic carbocycles. The third-order valence-corrected chi connectivity index (χ3v) is 2.90. The molecular formula is C9H10N2OS. The van der Waals surface area contributed by atoms with Crippen molar-refractivity contribution in [1.82, 2.24) is 0 Å². The van der Waals surface area contributed by atoms with Gasteiger partial charge in [0, 0.05) is 11.0 Å². The number of amidine groups is 1. The summed E-state index contributed by atoms with van der Waals surface area (Å²) in [4.78, 5) is 5.41. The number of benzene rings is 1. The number of ether oxygens (including phenoxy) is 1. The Bertz CT molecular complexity index is 363. The summed E-state index contributed by atoms with van der Waals surface area (Å²) in [7, 11) is 1.64. The molecule has 0 atom stereocenters. The molecule has 1 aliphatic rings. The molecule has 0 unspecified atom stereocenters. The molecule has 4 heteroatoms. The normalized spacial score (nSPS) is 14.7. The fourth-order valence-corrected chi connectivity index (χ4v) is 1.96. The van der Waals surface area contributed by atoms with Crippen molar-refractivity contribution in [2.24, 2.45) is 10.7 Å². The number of fused-ring (bicyclic) bond motifs is 1. The van der Waals surface area contributed by atoms with Gasteiger partial charge in [-0.05, 0) is 12.1 Å². The van der Waals surface area contributed by atoms with E-state index >= 15 is 0 Å². The Morgan fingerprint density at radius 3 is 3.15 bits per heavy atom. The summed E-state index contributed by atoms with van der Waals surface area (Å²) in [5.41, 5.74) is 6.54. The van der Waals surface area contributed by atoms with Gasteiger partial charge in [0.25, 0.3) is 0 Å². The van der Waals surface area contributed by atoms with Gasteiger partial charge in [-0.3, -0.25) is 0 Å². The smallest absolute Gasteiger partial charge is 0.121 e. The highest BCUT2D eigenvalue weighted by molar-refractivity contribution is 8.00. The quantitative estimate of drug-likeness (QED) is 0.741. The Kier molecular flexibility index (Phi) is 2.14. The predicted molar refractivity (Wildman–Crippen MR) is 55.0 cm³/mol. The average molecular weight is 194 g/mol. The highest BCUT2D eigenvalue weighted by atomic mass is 32.2. The minimum atomic E-state index is 0.672. The molecule has 3 nitrogen and oxygen atoms in total. The molecule has 68 valence electrons. The second-order valence-corrected chi connectivity index (χ2v) is 3.74. The van der Waals surface area contributed by atoms with E-state index in [9.17, 15) is 0 Å². The first-order chi connectivity index (χ1) is 6.29. The fourth-order valence-electron chi connectivity index (χ4n) is 1.17. The van der Waals surface area contributed by atoms with Crippen LogP contribution in [0.1, 0.15) is 0 Å². The van der Waals surface area contributed by atoms with E-state index in [2.05, 4.69) is 4.99 Å². The summed E-state index contributed by atoms with van der Waals surface area (Å²) in [6.45, 7) is 0. The summed E-state index contributed by atoms with van der Waals surface area (Å²) < 4.78 is 5.10. The Labute approximate surface area is 81.0 Å². The van der Waals surface area contributed by atoms with Crippen molar-refractivity contribution in [2.45, 2.75) is 4.90 Å². The lowest BCUT2D eigenvalue weighted by Gasteiger charge is -2.12. The monoisotopic (exact) mass is 194 g/mol. The third kappa shape index (κ3) is 1.62. The van der Waals surface area contributed by atoms with Crippen molar-refractivity contribution in [3.8, 4) is 5.75 Å². The van der Waals surface area contributed by atoms with Crippen LogP contribution in [0.25, 0.3) is 0 Å². The van der Waals surface area contributed by atoms with Gasteiger partial charge in [0.05, 0.1) is 18.6 Å². The largest absolute Gasteiger partial charge is 0.497 e. The zero-order valence-electron chi connectivity index (χ0n) is 7.28. The van der Waals surface area contributed by atoms with E-state index in [-0.39, 0.29) is 0 Å². The molecular weight excluding hydrogens is 184 g/mol. The van der Waals surface area contributed by atoms with Gasteiger partial charge in [-0.25, -0.2) is 4.99 Å². The lowest BCUT2D eigenvalue weighted by molar-refractivity contribution is 0.414. The second kappa shape index (κ2) is 3.30. The molecule has 0 amide bonds. The van der Waals surface area contributed by atoms with E-state index in [4.69, 9.17) is 10.5 Å². The van der Waals surface area contributed by atoms with Crippen LogP contribution in [0.4, 0.5) is 5.69 Å². The number of nitrogens with zero attached hydrogens (tertiary/aromatic N) is 1. The van der Waals surface area contributed by atoms with Crippen LogP contribution in [-0.4, -0.2) is 18.7 Å². The van der Waals surface area contributed by atoms with Gasteiger partial charge >= 0.3 is 0 Å². The first-order valence-electron chi connectivity index (χ1n) is 3.93. The molecule has 0 aromatic heterocycles. The summed E-state index contributed by atoms with van der Waals surface area (Å²) in [6, 6.07) is 5.84. The summed E-state index contributed by atoms with van der Waals surface area (Å²) >= 11 is 1.70. The van der Waals surface area contributed by atoms with Gasteiger partial charge in [0.1, 0.15) is 11.6 Å². The van der Waals surface area contributed by atoms with E-state index in [0.717, 1.165) is 22.1 Å². The van der Waals surface area contributed by atoms with Crippen LogP contribution < -0.4 is 10.5 Å². The number of rotatable bonds is 1. The number of aliphatic imine (C=N–C) groups is 1. The molecule has 2 rings (SSSR count). The molecule has 0 saturated carbocycles. The molecule has 2 N–H and O–H groups in total. The maximum Gasteiger partial charge on any atom is 0.121 e. The van der Waals surface area contributed by atoms with Gasteiger partial charge < -0.3 is 10.5 Å². The first kappa shape index (κ1) is 8.44. The molecule has 13 heavy (non-hydrogen) atoms. The van der Waals surface area contributed by atoms with Crippen LogP contribution >= 0.6 is 11.8 Å². The number of thioether (sulfide) groups is 1. The standard InChI is InChI=1S/C9H10N2OS/c1-12-6-2-3-8-7(4-6)11-9(10)5-13-8/h2-4H,5H2,1H3,(H2,10,11). The summed E-state index contributed by atoms with van der Waals surface area (Å²) in [6.07, 6.45) is 0. The fraction of sp³-hybridized carbons (Fsp3) is 0.222. The predicted octanol–water partition coefficient (Wildman–Crippen LogP) is 1.79. The number of methoxy groups -OCH3 is 1. The third-order valence-electron chi connectivity index (χ3n) is 1.81. The van der Waals surface area contributed by atoms with Crippen LogP contribution in [0.5, 0.6) is 5.75 Å². The van der Waals surface area contributed by atoms with Crippen LogP contribution in [0.15, 0.2) is 28.1 Å². The maximum atomic E-state index is 5.63. The van der Waals surface area contributed by atoms with Crippen LogP contribution in [0.2, 0.25) is 0 Å². The minimum Gasteiger partial charge on any atom is -0.497 e. The molecule has 1 aromatic rings. The Hall–Kier alpha value is -1.16. The highest BCUT2D eigenvalue weighted by Crippen LogP contribution is 2.35. The van der Waals surface area contributed by atoms with Crippen molar-refractivity contribution in [2.75, 3.05) is 12.9 Å². The van der Waals surface area contributed by atoms with Gasteiger partial charge in [-0.2, -0.15) is 0 Å². The van der Waals surface area contributed by atoms with Crippen molar-refractivity contribution in [3.05, 3.63) is 18.2 Å². The van der Waals surface area contributed by atoms with E-state index in [1.165, 1.54) is 0 Å². The summed E-state index contributed by atoms with van der Waals surface area (Å²) in [5, 5.41) is 0. The highest BCUT2D eigenvalue weighted by Gasteiger charge is 2.10. The maximum absolute atomic E-state index is 5.63. The zero-order chi connectivity index (χ0) is 9.26. The lowest BCUT2D eigenvalue weighted by atomic mass is 10.3. The number of nitrogens with two attached hydrogens (primary N) is 1. The van der Waals surface area contributed by atoms with Gasteiger partial charge in [-0.15, -0.1) is 11.8 Å². The van der Waals surface area contributed by atoms with E-state index in [1.807, 2.05) is 18.2 Å². The van der Waals surface area contributed by atoms with Crippen molar-refractivity contribution < 1.29 is 4.74 Å². The first-order valence-corrected chi connectivity index (χ1v) is 4.92. The lowest BCUT2D eigenvalue weighted by Crippen LogP contribution is -2.16. The SMILES string of the molecule is COc1ccc2c(c1)N=C(N)CS2. The Balaban J connectivity index is 2.45. The number of hydrogen-bond acceptors (Lipinski definition) is 4. The topological polar surface area (TPSA) is 47.6 Å². The van der Waals surface area contributed by atoms with Gasteiger partial charge in [0.2, 0.25) is 0 Å². The van der Waals surface area contributed by atoms with Crippen LogP contribution in [-0.2, 0) is 0 Å². The van der Waals surface area contributed by atoms with Crippen LogP contribution in [0.3, 0.4) is 0 Å². The molecule has 0 spiro atoms. The van der Waals surface area contributed by atoms with Gasteiger partial charge in [0.15, 0.2) is 0 Å². The number of hydrogen-bond donors (Lipinski definition) is 1.